The van der Waals surface area contributed by atoms with E-state index in [0.29, 0.717) is 0 Å². The standard InChI is InChI=1S/C40H27N4/c1-2-11-30(12-3-1)42-35-16-9-23-41-40(35)28-10-8-13-31(24-28)44-38-18-7-4-14-32(38)34-25-27(19-22-39(34)44)29-20-21-37-33-15-5-6-17-36(33)43(37)26-29/h1-26,42H/q+1. The van der Waals surface area contributed by atoms with Gasteiger partial charge in [-0.25, -0.2) is 0 Å². The lowest BCUT2D eigenvalue weighted by Crippen LogP contribution is -2.41. The fraction of sp³-hybridized carbons (Fsp3) is 0. The summed E-state index contributed by atoms with van der Waals surface area (Å²) in [5, 5.41) is 6.03. The Morgan fingerprint density at radius 1 is 0.568 bits per heavy atom. The smallest absolute Gasteiger partial charge is 0.225 e. The van der Waals surface area contributed by atoms with Gasteiger partial charge in [0.1, 0.15) is 5.56 Å². The zero-order valence-corrected chi connectivity index (χ0v) is 23.9. The van der Waals surface area contributed by atoms with Crippen LogP contribution in [0.15, 0.2) is 158 Å². The van der Waals surface area contributed by atoms with Crippen molar-refractivity contribution < 1.29 is 4.57 Å². The zero-order chi connectivity index (χ0) is 29.0. The molecule has 4 heteroatoms. The molecule has 5 aromatic carbocycles. The minimum Gasteiger partial charge on any atom is -0.354 e. The maximum Gasteiger partial charge on any atom is 0.225 e. The maximum absolute atomic E-state index is 4.80. The Balaban J connectivity index is 1.15. The summed E-state index contributed by atoms with van der Waals surface area (Å²) in [7, 11) is 0. The Morgan fingerprint density at radius 3 is 2.34 bits per heavy atom. The number of nitrogens with zero attached hydrogens (tertiary/aromatic N) is 3. The molecule has 0 saturated carbocycles. The molecule has 0 unspecified atom stereocenters. The minimum atomic E-state index is 0.918. The molecule has 8 aromatic rings. The Kier molecular flexibility index (Phi) is 5.47. The second-order valence-electron chi connectivity index (χ2n) is 11.2. The fourth-order valence-corrected chi connectivity index (χ4v) is 6.57. The van der Waals surface area contributed by atoms with Crippen molar-refractivity contribution in [2.24, 2.45) is 0 Å². The zero-order valence-electron chi connectivity index (χ0n) is 23.9. The summed E-state index contributed by atoms with van der Waals surface area (Å²) in [5.74, 6) is 0. The van der Waals surface area contributed by atoms with E-state index in [0.717, 1.165) is 28.3 Å². The average molecular weight is 564 g/mol. The summed E-state index contributed by atoms with van der Waals surface area (Å²) in [4.78, 5) is 4.80. The molecule has 0 fully saturated rings. The molecule has 0 aliphatic carbocycles. The van der Waals surface area contributed by atoms with Crippen molar-refractivity contribution >= 4 is 33.2 Å². The third kappa shape index (κ3) is 3.85. The number of hydrogen-bond donors (Lipinski definition) is 1. The van der Waals surface area contributed by atoms with Gasteiger partial charge < -0.3 is 9.88 Å². The van der Waals surface area contributed by atoms with Gasteiger partial charge in [0.15, 0.2) is 6.20 Å². The molecule has 0 amide bonds. The van der Waals surface area contributed by atoms with Crippen LogP contribution < -0.4 is 9.88 Å². The summed E-state index contributed by atoms with van der Waals surface area (Å²) in [6.45, 7) is 0. The van der Waals surface area contributed by atoms with E-state index in [2.05, 4.69) is 142 Å². The molecule has 4 heterocycles. The van der Waals surface area contributed by atoms with Crippen molar-refractivity contribution in [1.29, 1.82) is 0 Å². The van der Waals surface area contributed by atoms with Crippen LogP contribution in [0.25, 0.3) is 66.8 Å². The van der Waals surface area contributed by atoms with Crippen LogP contribution >= 0.6 is 0 Å². The predicted molar refractivity (Wildman–Crippen MR) is 180 cm³/mol. The van der Waals surface area contributed by atoms with Gasteiger partial charge in [-0.1, -0.05) is 66.7 Å². The van der Waals surface area contributed by atoms with E-state index < -0.39 is 0 Å². The lowest BCUT2D eigenvalue weighted by molar-refractivity contribution is -0.598. The number of fused-ring (bicyclic) bond motifs is 7. The van der Waals surface area contributed by atoms with Crippen LogP contribution in [0.5, 0.6) is 0 Å². The van der Waals surface area contributed by atoms with Gasteiger partial charge in [0, 0.05) is 51.6 Å². The number of hydrogen-bond acceptors (Lipinski definition) is 2. The molecular formula is C40H27N4+. The highest BCUT2D eigenvalue weighted by molar-refractivity contribution is 6.10. The van der Waals surface area contributed by atoms with Gasteiger partial charge >= 0.3 is 0 Å². The van der Waals surface area contributed by atoms with Crippen molar-refractivity contribution in [3.63, 3.8) is 0 Å². The Hall–Kier alpha value is -6.00. The molecule has 3 aromatic heterocycles. The lowest BCUT2D eigenvalue weighted by atomic mass is 9.97. The van der Waals surface area contributed by atoms with E-state index in [1.54, 1.807) is 0 Å². The number of anilines is 2. The van der Waals surface area contributed by atoms with Gasteiger partial charge in [-0.3, -0.25) is 4.98 Å². The predicted octanol–water partition coefficient (Wildman–Crippen LogP) is 9.51. The van der Waals surface area contributed by atoms with E-state index in [4.69, 9.17) is 4.98 Å². The number of rotatable bonds is 5. The SMILES string of the molecule is c1ccc(Nc2cccnc2-c2cccc(-n3c4ccccc4c4cc(-c5ccc6[n+](c5)-c5ccccc5-6)ccc43)c2)cc1. The van der Waals surface area contributed by atoms with Crippen molar-refractivity contribution in [1.82, 2.24) is 9.55 Å². The van der Waals surface area contributed by atoms with Crippen molar-refractivity contribution in [2.45, 2.75) is 0 Å². The Morgan fingerprint density at radius 2 is 1.39 bits per heavy atom. The molecule has 0 atom stereocenters. The van der Waals surface area contributed by atoms with Crippen LogP contribution in [-0.2, 0) is 0 Å². The number of aromatic nitrogens is 3. The Bertz CT molecular complexity index is 2370. The summed E-state index contributed by atoms with van der Waals surface area (Å²) < 4.78 is 4.66. The second-order valence-corrected chi connectivity index (χ2v) is 11.2. The Labute approximate surface area is 255 Å². The molecular weight excluding hydrogens is 536 g/mol. The minimum absolute atomic E-state index is 0.918. The monoisotopic (exact) mass is 563 g/mol. The van der Waals surface area contributed by atoms with E-state index in [9.17, 15) is 0 Å². The summed E-state index contributed by atoms with van der Waals surface area (Å²) in [6.07, 6.45) is 4.11. The first-order chi connectivity index (χ1) is 21.8. The molecule has 0 saturated heterocycles. The van der Waals surface area contributed by atoms with Gasteiger partial charge in [-0.2, -0.15) is 4.57 Å². The van der Waals surface area contributed by atoms with Crippen LogP contribution in [-0.4, -0.2) is 9.55 Å². The second kappa shape index (κ2) is 9.79. The van der Waals surface area contributed by atoms with E-state index in [-0.39, 0.29) is 0 Å². The summed E-state index contributed by atoms with van der Waals surface area (Å²) >= 11 is 0. The average Bonchev–Trinajstić information content (AvgIpc) is 3.41. The molecule has 0 bridgehead atoms. The summed E-state index contributed by atoms with van der Waals surface area (Å²) in [5.41, 5.74) is 13.7. The van der Waals surface area contributed by atoms with Gasteiger partial charge in [0.05, 0.1) is 22.4 Å². The fourth-order valence-electron chi connectivity index (χ4n) is 6.57. The highest BCUT2D eigenvalue weighted by Gasteiger charge is 2.32. The van der Waals surface area contributed by atoms with E-state index in [1.807, 2.05) is 30.5 Å². The number of pyridine rings is 2. The van der Waals surface area contributed by atoms with Crippen molar-refractivity contribution in [3.05, 3.63) is 158 Å². The van der Waals surface area contributed by atoms with Crippen molar-refractivity contribution in [3.8, 4) is 45.0 Å². The highest BCUT2D eigenvalue weighted by Crippen LogP contribution is 2.37. The van der Waals surface area contributed by atoms with Gasteiger partial charge in [0.2, 0.25) is 11.4 Å². The first-order valence-electron chi connectivity index (χ1n) is 14.9. The van der Waals surface area contributed by atoms with Crippen LogP contribution in [0.2, 0.25) is 0 Å². The molecule has 0 spiro atoms. The van der Waals surface area contributed by atoms with Gasteiger partial charge in [-0.05, 0) is 72.3 Å². The normalized spacial score (nSPS) is 11.6. The van der Waals surface area contributed by atoms with E-state index >= 15 is 0 Å². The van der Waals surface area contributed by atoms with Gasteiger partial charge in [0.25, 0.3) is 0 Å². The first kappa shape index (κ1) is 24.6. The van der Waals surface area contributed by atoms with E-state index in [1.165, 1.54) is 49.9 Å². The third-order valence-electron chi connectivity index (χ3n) is 8.63. The molecule has 1 aliphatic rings. The van der Waals surface area contributed by atoms with Crippen molar-refractivity contribution in [2.75, 3.05) is 5.32 Å². The third-order valence-corrected chi connectivity index (χ3v) is 8.63. The molecule has 206 valence electrons. The molecule has 0 radical (unpaired) electrons. The topological polar surface area (TPSA) is 33.7 Å². The first-order valence-corrected chi connectivity index (χ1v) is 14.9. The lowest BCUT2D eigenvalue weighted by Gasteiger charge is -2.15. The largest absolute Gasteiger partial charge is 0.354 e. The number of para-hydroxylation sites is 3. The van der Waals surface area contributed by atoms with Crippen LogP contribution in [0.4, 0.5) is 11.4 Å². The molecule has 44 heavy (non-hydrogen) atoms. The summed E-state index contributed by atoms with van der Waals surface area (Å²) in [6, 6.07) is 51.5. The number of benzene rings is 5. The number of nitrogens with one attached hydrogen (secondary N) is 1. The van der Waals surface area contributed by atoms with Crippen LogP contribution in [0, 0.1) is 0 Å². The van der Waals surface area contributed by atoms with Gasteiger partial charge in [-0.15, -0.1) is 0 Å². The molecule has 1 aliphatic heterocycles. The highest BCUT2D eigenvalue weighted by atomic mass is 15.0. The van der Waals surface area contributed by atoms with Crippen LogP contribution in [0.1, 0.15) is 0 Å². The molecule has 9 rings (SSSR count). The van der Waals surface area contributed by atoms with Crippen LogP contribution in [0.3, 0.4) is 0 Å². The maximum atomic E-state index is 4.80. The quantitative estimate of drug-likeness (QED) is 0.212. The molecule has 4 nitrogen and oxygen atoms in total. The molecule has 1 N–H and O–H groups in total.